The average molecular weight is 224 g/mol. The minimum absolute atomic E-state index is 0.809. The lowest BCUT2D eigenvalue weighted by Gasteiger charge is -2.09. The fourth-order valence-corrected chi connectivity index (χ4v) is 1.60. The first-order chi connectivity index (χ1) is 7.81. The summed E-state index contributed by atoms with van der Waals surface area (Å²) in [5.74, 6) is 0. The Bertz CT molecular complexity index is 176. The molecule has 0 amide bonds. The van der Waals surface area contributed by atoms with Crippen LogP contribution < -0.4 is 11.1 Å². The Morgan fingerprint density at radius 3 is 2.50 bits per heavy atom. The average Bonchev–Trinajstić information content (AvgIpc) is 2.29. The molecule has 0 unspecified atom stereocenters. The molecule has 0 aromatic rings. The maximum atomic E-state index is 5.44. The van der Waals surface area contributed by atoms with Crippen LogP contribution in [-0.4, -0.2) is 13.1 Å². The Kier molecular flexibility index (Phi) is 11.7. The van der Waals surface area contributed by atoms with E-state index in [-0.39, 0.29) is 0 Å². The van der Waals surface area contributed by atoms with Gasteiger partial charge in [-0.25, -0.2) is 0 Å². The second-order valence-electron chi connectivity index (χ2n) is 4.27. The molecule has 0 aliphatic rings. The van der Waals surface area contributed by atoms with E-state index < -0.39 is 0 Å². The Balaban J connectivity index is 3.14. The summed E-state index contributed by atoms with van der Waals surface area (Å²) in [4.78, 5) is 0. The molecule has 0 fully saturated rings. The number of rotatable bonds is 12. The Morgan fingerprint density at radius 2 is 1.81 bits per heavy atom. The van der Waals surface area contributed by atoms with E-state index in [0.717, 1.165) is 32.4 Å². The molecule has 0 aliphatic carbocycles. The van der Waals surface area contributed by atoms with Crippen LogP contribution in [0.3, 0.4) is 0 Å². The van der Waals surface area contributed by atoms with Crippen molar-refractivity contribution in [3.8, 4) is 0 Å². The molecule has 0 spiro atoms. The van der Waals surface area contributed by atoms with Crippen molar-refractivity contribution in [2.45, 2.75) is 51.4 Å². The van der Waals surface area contributed by atoms with Crippen LogP contribution in [0, 0.1) is 0 Å². The van der Waals surface area contributed by atoms with E-state index in [4.69, 9.17) is 5.73 Å². The molecule has 0 saturated carbocycles. The summed E-state index contributed by atoms with van der Waals surface area (Å²) < 4.78 is 0. The van der Waals surface area contributed by atoms with Gasteiger partial charge >= 0.3 is 0 Å². The number of hydrogen-bond donors (Lipinski definition) is 2. The molecule has 0 aliphatic heterocycles. The maximum absolute atomic E-state index is 5.44. The quantitative estimate of drug-likeness (QED) is 0.394. The molecule has 0 atom stereocenters. The summed E-state index contributed by atoms with van der Waals surface area (Å²) in [7, 11) is 0. The summed E-state index contributed by atoms with van der Waals surface area (Å²) in [6.45, 7) is 9.62. The first-order valence-corrected chi connectivity index (χ1v) is 6.54. The highest BCUT2D eigenvalue weighted by molar-refractivity contribution is 4.90. The Labute approximate surface area is 101 Å². The van der Waals surface area contributed by atoms with E-state index in [1.54, 1.807) is 0 Å². The van der Waals surface area contributed by atoms with Gasteiger partial charge in [-0.3, -0.25) is 0 Å². The molecule has 3 N–H and O–H groups in total. The molecule has 16 heavy (non-hydrogen) atoms. The summed E-state index contributed by atoms with van der Waals surface area (Å²) in [6.07, 6.45) is 11.5. The van der Waals surface area contributed by atoms with Crippen LogP contribution >= 0.6 is 0 Å². The van der Waals surface area contributed by atoms with Crippen molar-refractivity contribution < 1.29 is 0 Å². The summed E-state index contributed by atoms with van der Waals surface area (Å²) in [6, 6.07) is 0. The van der Waals surface area contributed by atoms with E-state index in [2.05, 4.69) is 18.5 Å². The molecule has 0 rings (SSSR count). The fraction of sp³-hybridized carbons (Fsp3) is 0.714. The number of hydrogen-bond acceptors (Lipinski definition) is 2. The van der Waals surface area contributed by atoms with Crippen molar-refractivity contribution in [1.29, 1.82) is 0 Å². The van der Waals surface area contributed by atoms with Crippen LogP contribution in [0.5, 0.6) is 0 Å². The lowest BCUT2D eigenvalue weighted by Crippen LogP contribution is -2.13. The third-order valence-electron chi connectivity index (χ3n) is 2.64. The Hall–Kier alpha value is -0.760. The summed E-state index contributed by atoms with van der Waals surface area (Å²) in [5, 5.41) is 3.38. The highest BCUT2D eigenvalue weighted by Crippen LogP contribution is 2.05. The molecule has 0 saturated heterocycles. The number of nitrogens with one attached hydrogen (secondary N) is 1. The van der Waals surface area contributed by atoms with Gasteiger partial charge in [0.05, 0.1) is 0 Å². The van der Waals surface area contributed by atoms with Crippen LogP contribution in [-0.2, 0) is 0 Å². The third-order valence-corrected chi connectivity index (χ3v) is 2.64. The van der Waals surface area contributed by atoms with E-state index in [9.17, 15) is 0 Å². The number of nitrogens with two attached hydrogens (primary N) is 1. The smallest absolute Gasteiger partial charge is 0.0143 e. The standard InChI is InChI=1S/C14H28N2/c1-3-4-5-6-10-13-16-14(2)11-8-7-9-12-15/h3,16H,1-2,4-13,15H2. The third kappa shape index (κ3) is 11.3. The van der Waals surface area contributed by atoms with Crippen LogP contribution in [0.2, 0.25) is 0 Å². The molecular formula is C14H28N2. The lowest BCUT2D eigenvalue weighted by molar-refractivity contribution is 0.616. The minimum Gasteiger partial charge on any atom is -0.389 e. The second-order valence-corrected chi connectivity index (χ2v) is 4.27. The minimum atomic E-state index is 0.809. The van der Waals surface area contributed by atoms with Crippen LogP contribution in [0.15, 0.2) is 24.9 Å². The number of allylic oxidation sites excluding steroid dienone is 2. The normalized spacial score (nSPS) is 10.1. The highest BCUT2D eigenvalue weighted by atomic mass is 14.9. The Morgan fingerprint density at radius 1 is 1.06 bits per heavy atom. The highest BCUT2D eigenvalue weighted by Gasteiger charge is 1.94. The maximum Gasteiger partial charge on any atom is 0.0143 e. The van der Waals surface area contributed by atoms with Crippen molar-refractivity contribution in [2.24, 2.45) is 5.73 Å². The van der Waals surface area contributed by atoms with E-state index in [1.165, 1.54) is 37.8 Å². The van der Waals surface area contributed by atoms with E-state index in [1.807, 2.05) is 6.08 Å². The van der Waals surface area contributed by atoms with Gasteiger partial charge in [0, 0.05) is 12.2 Å². The molecule has 0 radical (unpaired) electrons. The first-order valence-electron chi connectivity index (χ1n) is 6.54. The van der Waals surface area contributed by atoms with Gasteiger partial charge in [-0.2, -0.15) is 0 Å². The second kappa shape index (κ2) is 12.3. The lowest BCUT2D eigenvalue weighted by atomic mass is 10.1. The molecule has 0 bridgehead atoms. The van der Waals surface area contributed by atoms with Gasteiger partial charge in [-0.1, -0.05) is 25.5 Å². The van der Waals surface area contributed by atoms with Crippen molar-refractivity contribution in [2.75, 3.05) is 13.1 Å². The van der Waals surface area contributed by atoms with Crippen molar-refractivity contribution in [1.82, 2.24) is 5.32 Å². The van der Waals surface area contributed by atoms with Gasteiger partial charge < -0.3 is 11.1 Å². The van der Waals surface area contributed by atoms with Gasteiger partial charge in [0.1, 0.15) is 0 Å². The van der Waals surface area contributed by atoms with Gasteiger partial charge in [0.2, 0.25) is 0 Å². The first kappa shape index (κ1) is 15.2. The molecule has 2 nitrogen and oxygen atoms in total. The van der Waals surface area contributed by atoms with Crippen molar-refractivity contribution in [3.05, 3.63) is 24.9 Å². The number of unbranched alkanes of at least 4 members (excludes halogenated alkanes) is 5. The fourth-order valence-electron chi connectivity index (χ4n) is 1.60. The zero-order valence-corrected chi connectivity index (χ0v) is 10.6. The predicted molar refractivity (Wildman–Crippen MR) is 73.3 cm³/mol. The van der Waals surface area contributed by atoms with Crippen LogP contribution in [0.4, 0.5) is 0 Å². The zero-order valence-electron chi connectivity index (χ0n) is 10.6. The molecule has 0 aromatic heterocycles. The SMILES string of the molecule is C=CCCCCCNC(=C)CCCCCN. The van der Waals surface area contributed by atoms with E-state index in [0.29, 0.717) is 0 Å². The van der Waals surface area contributed by atoms with Gasteiger partial charge in [-0.05, 0) is 45.1 Å². The molecule has 0 aromatic carbocycles. The summed E-state index contributed by atoms with van der Waals surface area (Å²) in [5.41, 5.74) is 6.62. The van der Waals surface area contributed by atoms with Crippen molar-refractivity contribution in [3.63, 3.8) is 0 Å². The molecule has 0 heterocycles. The molecular weight excluding hydrogens is 196 g/mol. The van der Waals surface area contributed by atoms with Crippen molar-refractivity contribution >= 4 is 0 Å². The molecule has 2 heteroatoms. The zero-order chi connectivity index (χ0) is 12.1. The van der Waals surface area contributed by atoms with Gasteiger partial charge in [-0.15, -0.1) is 6.58 Å². The largest absolute Gasteiger partial charge is 0.389 e. The summed E-state index contributed by atoms with van der Waals surface area (Å²) >= 11 is 0. The van der Waals surface area contributed by atoms with Gasteiger partial charge in [0.25, 0.3) is 0 Å². The van der Waals surface area contributed by atoms with Gasteiger partial charge in [0.15, 0.2) is 0 Å². The molecule has 94 valence electrons. The van der Waals surface area contributed by atoms with E-state index >= 15 is 0 Å². The van der Waals surface area contributed by atoms with Crippen LogP contribution in [0.25, 0.3) is 0 Å². The predicted octanol–water partition coefficient (Wildman–Crippen LogP) is 3.36. The topological polar surface area (TPSA) is 38.0 Å². The van der Waals surface area contributed by atoms with Crippen LogP contribution in [0.1, 0.15) is 51.4 Å². The monoisotopic (exact) mass is 224 g/mol.